The number of nitrogens with one attached hydrogen (secondary N) is 1. The highest BCUT2D eigenvalue weighted by molar-refractivity contribution is 7.20. The van der Waals surface area contributed by atoms with Gasteiger partial charge < -0.3 is 5.32 Å². The highest BCUT2D eigenvalue weighted by Crippen LogP contribution is 2.38. The zero-order chi connectivity index (χ0) is 11.1. The van der Waals surface area contributed by atoms with Crippen LogP contribution in [0.3, 0.4) is 0 Å². The first-order valence-corrected chi connectivity index (χ1v) is 6.50. The average Bonchev–Trinajstić information content (AvgIpc) is 2.86. The maximum atomic E-state index is 11.8. The van der Waals surface area contributed by atoms with E-state index >= 15 is 0 Å². The van der Waals surface area contributed by atoms with E-state index in [1.54, 1.807) is 6.07 Å². The summed E-state index contributed by atoms with van der Waals surface area (Å²) in [6.07, 6.45) is 1.86. The van der Waals surface area contributed by atoms with Gasteiger partial charge in [0.2, 0.25) is 0 Å². The molecule has 1 aliphatic carbocycles. The zero-order valence-corrected chi connectivity index (χ0v) is 10.7. The number of hydrogen-bond donors (Lipinski definition) is 1. The largest absolute Gasteiger partial charge is 0.345 e. The van der Waals surface area contributed by atoms with Crippen molar-refractivity contribution in [3.05, 3.63) is 20.3 Å². The summed E-state index contributed by atoms with van der Waals surface area (Å²) in [4.78, 5) is 11.8. The molecule has 1 amide bonds. The van der Waals surface area contributed by atoms with E-state index in [2.05, 4.69) is 5.32 Å². The Morgan fingerprint density at radius 2 is 2.20 bits per heavy atom. The van der Waals surface area contributed by atoms with Crippen molar-refractivity contribution in [3.63, 3.8) is 0 Å². The third-order valence-electron chi connectivity index (χ3n) is 2.39. The van der Waals surface area contributed by atoms with Gasteiger partial charge in [-0.25, -0.2) is 0 Å². The Morgan fingerprint density at radius 3 is 2.60 bits per heavy atom. The fourth-order valence-corrected chi connectivity index (χ4v) is 3.04. The van der Waals surface area contributed by atoms with Gasteiger partial charge in [-0.1, -0.05) is 23.2 Å². The molecular weight excluding hydrogens is 277 g/mol. The lowest BCUT2D eigenvalue weighted by Gasteiger charge is -2.13. The Morgan fingerprint density at radius 1 is 1.53 bits per heavy atom. The lowest BCUT2D eigenvalue weighted by Crippen LogP contribution is -2.38. The standard InChI is InChI=1S/C9H8Cl3NOS/c10-4-9(1-2-9)13-8(14)5-3-6(11)15-7(5)12/h3H,1-2,4H2,(H,13,14). The van der Waals surface area contributed by atoms with Gasteiger partial charge in [0.15, 0.2) is 0 Å². The molecule has 0 aromatic carbocycles. The first kappa shape index (κ1) is 11.5. The molecule has 2 nitrogen and oxygen atoms in total. The normalized spacial score (nSPS) is 17.5. The molecule has 0 spiro atoms. The minimum atomic E-state index is -0.212. The maximum absolute atomic E-state index is 11.8. The predicted octanol–water partition coefficient (Wildman–Crippen LogP) is 3.56. The number of thiophene rings is 1. The Kier molecular flexibility index (Phi) is 3.17. The Bertz CT molecular complexity index is 400. The van der Waals surface area contributed by atoms with Gasteiger partial charge in [-0.15, -0.1) is 22.9 Å². The maximum Gasteiger partial charge on any atom is 0.254 e. The molecule has 6 heteroatoms. The van der Waals surface area contributed by atoms with Crippen molar-refractivity contribution >= 4 is 52.0 Å². The second-order valence-corrected chi connectivity index (χ2v) is 6.16. The van der Waals surface area contributed by atoms with Gasteiger partial charge in [0.05, 0.1) is 15.4 Å². The van der Waals surface area contributed by atoms with Crippen molar-refractivity contribution in [3.8, 4) is 0 Å². The molecule has 1 heterocycles. The molecule has 1 aromatic rings. The molecule has 0 bridgehead atoms. The highest BCUT2D eigenvalue weighted by atomic mass is 35.5. The van der Waals surface area contributed by atoms with Crippen LogP contribution >= 0.6 is 46.1 Å². The number of hydrogen-bond acceptors (Lipinski definition) is 2. The number of halogens is 3. The monoisotopic (exact) mass is 283 g/mol. The van der Waals surface area contributed by atoms with Crippen molar-refractivity contribution in [2.75, 3.05) is 5.88 Å². The number of amides is 1. The van der Waals surface area contributed by atoms with Crippen molar-refractivity contribution in [1.29, 1.82) is 0 Å². The Hall–Kier alpha value is 0.0400. The molecule has 1 fully saturated rings. The SMILES string of the molecule is O=C(NC1(CCl)CC1)c1cc(Cl)sc1Cl. The van der Waals surface area contributed by atoms with E-state index in [0.717, 1.165) is 12.8 Å². The van der Waals surface area contributed by atoms with E-state index in [1.807, 2.05) is 0 Å². The average molecular weight is 285 g/mol. The third kappa shape index (κ3) is 2.41. The molecular formula is C9H8Cl3NOS. The van der Waals surface area contributed by atoms with Crippen LogP contribution in [-0.4, -0.2) is 17.3 Å². The molecule has 0 unspecified atom stereocenters. The molecule has 82 valence electrons. The molecule has 1 saturated carbocycles. The smallest absolute Gasteiger partial charge is 0.254 e. The van der Waals surface area contributed by atoms with E-state index in [9.17, 15) is 4.79 Å². The molecule has 15 heavy (non-hydrogen) atoms. The number of alkyl halides is 1. The fourth-order valence-electron chi connectivity index (χ4n) is 1.25. The summed E-state index contributed by atoms with van der Waals surface area (Å²) in [5.74, 6) is 0.245. The summed E-state index contributed by atoms with van der Waals surface area (Å²) in [7, 11) is 0. The third-order valence-corrected chi connectivity index (χ3v) is 4.39. The zero-order valence-electron chi connectivity index (χ0n) is 7.65. The van der Waals surface area contributed by atoms with Crippen molar-refractivity contribution in [2.24, 2.45) is 0 Å². The lowest BCUT2D eigenvalue weighted by atomic mass is 10.2. The number of carbonyl (C=O) groups is 1. The van der Waals surface area contributed by atoms with E-state index in [1.165, 1.54) is 11.3 Å². The van der Waals surface area contributed by atoms with Crippen LogP contribution in [0.15, 0.2) is 6.07 Å². The summed E-state index contributed by atoms with van der Waals surface area (Å²) in [5.41, 5.74) is 0.221. The second kappa shape index (κ2) is 4.13. The van der Waals surface area contributed by atoms with Crippen LogP contribution in [-0.2, 0) is 0 Å². The summed E-state index contributed by atoms with van der Waals surface area (Å²) in [6, 6.07) is 1.58. The lowest BCUT2D eigenvalue weighted by molar-refractivity contribution is 0.0936. The molecule has 0 atom stereocenters. The van der Waals surface area contributed by atoms with Gasteiger partial charge in [-0.3, -0.25) is 4.79 Å². The summed E-state index contributed by atoms with van der Waals surface area (Å²) in [5, 5.41) is 2.88. The fraction of sp³-hybridized carbons (Fsp3) is 0.444. The Balaban J connectivity index is 2.11. The molecule has 0 saturated heterocycles. The molecule has 1 aliphatic rings. The van der Waals surface area contributed by atoms with E-state index in [0.29, 0.717) is 20.1 Å². The van der Waals surface area contributed by atoms with Crippen molar-refractivity contribution in [1.82, 2.24) is 5.32 Å². The summed E-state index contributed by atoms with van der Waals surface area (Å²) < 4.78 is 0.934. The van der Waals surface area contributed by atoms with Crippen LogP contribution in [0.1, 0.15) is 23.2 Å². The molecule has 0 radical (unpaired) electrons. The van der Waals surface area contributed by atoms with Crippen LogP contribution in [0.2, 0.25) is 8.67 Å². The predicted molar refractivity (Wildman–Crippen MR) is 64.5 cm³/mol. The molecule has 0 aliphatic heterocycles. The van der Waals surface area contributed by atoms with Crippen molar-refractivity contribution in [2.45, 2.75) is 18.4 Å². The summed E-state index contributed by atoms with van der Waals surface area (Å²) >= 11 is 18.6. The van der Waals surface area contributed by atoms with Crippen LogP contribution in [0.25, 0.3) is 0 Å². The van der Waals surface area contributed by atoms with Crippen LogP contribution in [0.5, 0.6) is 0 Å². The number of carbonyl (C=O) groups excluding carboxylic acids is 1. The van der Waals surface area contributed by atoms with Gasteiger partial charge in [0.25, 0.3) is 5.91 Å². The van der Waals surface area contributed by atoms with Gasteiger partial charge in [0, 0.05) is 5.88 Å². The molecule has 1 aromatic heterocycles. The van der Waals surface area contributed by atoms with Crippen molar-refractivity contribution < 1.29 is 4.79 Å². The molecule has 2 rings (SSSR count). The van der Waals surface area contributed by atoms with Gasteiger partial charge >= 0.3 is 0 Å². The van der Waals surface area contributed by atoms with E-state index in [4.69, 9.17) is 34.8 Å². The second-order valence-electron chi connectivity index (χ2n) is 3.61. The van der Waals surface area contributed by atoms with Crippen LogP contribution in [0.4, 0.5) is 0 Å². The minimum absolute atomic E-state index is 0.193. The molecule has 1 N–H and O–H groups in total. The van der Waals surface area contributed by atoms with Crippen LogP contribution < -0.4 is 5.32 Å². The van der Waals surface area contributed by atoms with Gasteiger partial charge in [-0.2, -0.15) is 0 Å². The van der Waals surface area contributed by atoms with E-state index in [-0.39, 0.29) is 11.4 Å². The highest BCUT2D eigenvalue weighted by Gasteiger charge is 2.43. The number of rotatable bonds is 3. The van der Waals surface area contributed by atoms with Gasteiger partial charge in [-0.05, 0) is 18.9 Å². The Labute approximate surface area is 107 Å². The summed E-state index contributed by atoms with van der Waals surface area (Å²) in [6.45, 7) is 0. The quantitative estimate of drug-likeness (QED) is 0.845. The minimum Gasteiger partial charge on any atom is -0.345 e. The van der Waals surface area contributed by atoms with Gasteiger partial charge in [0.1, 0.15) is 4.34 Å². The first-order valence-electron chi connectivity index (χ1n) is 4.40. The van der Waals surface area contributed by atoms with E-state index < -0.39 is 0 Å². The first-order chi connectivity index (χ1) is 7.06. The topological polar surface area (TPSA) is 29.1 Å². The van der Waals surface area contributed by atoms with Crippen LogP contribution in [0, 0.1) is 0 Å².